The van der Waals surface area contributed by atoms with Crippen molar-refractivity contribution < 1.29 is 14.3 Å². The number of hydrogen-bond donors (Lipinski definition) is 1. The van der Waals surface area contributed by atoms with Crippen molar-refractivity contribution in [2.45, 2.75) is 59.6 Å². The molecular weight excluding hydrogens is 338 g/mol. The molecule has 0 heterocycles. The monoisotopic (exact) mass is 369 g/mol. The van der Waals surface area contributed by atoms with Gasteiger partial charge >= 0.3 is 0 Å². The molecule has 0 aliphatic heterocycles. The molecule has 0 aliphatic carbocycles. The van der Waals surface area contributed by atoms with Gasteiger partial charge in [-0.2, -0.15) is 0 Å². The van der Waals surface area contributed by atoms with Gasteiger partial charge < -0.3 is 14.8 Å². The molecule has 0 aromatic heterocycles. The first-order chi connectivity index (χ1) is 12.9. The number of nitrogens with one attached hydrogen (secondary N) is 1. The van der Waals surface area contributed by atoms with Crippen LogP contribution in [0.1, 0.15) is 55.0 Å². The first kappa shape index (κ1) is 20.8. The summed E-state index contributed by atoms with van der Waals surface area (Å²) >= 11 is 0. The zero-order valence-electron chi connectivity index (χ0n) is 17.3. The molecule has 146 valence electrons. The molecule has 0 bridgehead atoms. The van der Waals surface area contributed by atoms with Crippen molar-refractivity contribution in [1.29, 1.82) is 0 Å². The Morgan fingerprint density at radius 2 is 1.74 bits per heavy atom. The van der Waals surface area contributed by atoms with E-state index >= 15 is 0 Å². The van der Waals surface area contributed by atoms with E-state index in [1.807, 2.05) is 58.0 Å². The Balaban J connectivity index is 2.14. The Morgan fingerprint density at radius 1 is 1.00 bits per heavy atom. The zero-order valence-corrected chi connectivity index (χ0v) is 17.3. The number of hydrogen-bond acceptors (Lipinski definition) is 3. The topological polar surface area (TPSA) is 47.6 Å². The summed E-state index contributed by atoms with van der Waals surface area (Å²) in [4.78, 5) is 12.9. The van der Waals surface area contributed by atoms with Crippen molar-refractivity contribution in [2.75, 3.05) is 7.11 Å². The molecular formula is C23H31NO3. The molecule has 2 atom stereocenters. The Morgan fingerprint density at radius 3 is 2.33 bits per heavy atom. The van der Waals surface area contributed by atoms with E-state index in [-0.39, 0.29) is 11.9 Å². The summed E-state index contributed by atoms with van der Waals surface area (Å²) in [6, 6.07) is 11.9. The number of ether oxygens (including phenoxy) is 2. The number of rotatable bonds is 8. The smallest absolute Gasteiger partial charge is 0.261 e. The van der Waals surface area contributed by atoms with Crippen LogP contribution < -0.4 is 14.8 Å². The molecule has 0 saturated heterocycles. The van der Waals surface area contributed by atoms with Gasteiger partial charge in [0.2, 0.25) is 0 Å². The number of benzene rings is 2. The third-order valence-electron chi connectivity index (χ3n) is 5.03. The van der Waals surface area contributed by atoms with Crippen molar-refractivity contribution in [3.8, 4) is 11.5 Å². The second-order valence-electron chi connectivity index (χ2n) is 6.91. The molecule has 0 saturated carbocycles. The van der Waals surface area contributed by atoms with Gasteiger partial charge in [0, 0.05) is 0 Å². The summed E-state index contributed by atoms with van der Waals surface area (Å²) in [7, 11) is 1.66. The van der Waals surface area contributed by atoms with E-state index in [9.17, 15) is 4.79 Å². The fraction of sp³-hybridized carbons (Fsp3) is 0.435. The van der Waals surface area contributed by atoms with Crippen LogP contribution in [-0.4, -0.2) is 19.1 Å². The minimum Gasteiger partial charge on any atom is -0.496 e. The zero-order chi connectivity index (χ0) is 20.0. The minimum atomic E-state index is -0.515. The first-order valence-corrected chi connectivity index (χ1v) is 9.59. The van der Waals surface area contributed by atoms with Gasteiger partial charge in [0.25, 0.3) is 5.91 Å². The maximum atomic E-state index is 12.9. The summed E-state index contributed by atoms with van der Waals surface area (Å²) < 4.78 is 11.4. The van der Waals surface area contributed by atoms with Crippen LogP contribution in [0.15, 0.2) is 36.4 Å². The molecule has 0 unspecified atom stereocenters. The molecule has 4 heteroatoms. The van der Waals surface area contributed by atoms with Crippen LogP contribution in [-0.2, 0) is 4.79 Å². The van der Waals surface area contributed by atoms with Crippen molar-refractivity contribution in [3.63, 3.8) is 0 Å². The normalized spacial score (nSPS) is 13.0. The third kappa shape index (κ3) is 5.03. The molecule has 0 fully saturated rings. The molecule has 2 rings (SSSR count). The number of aryl methyl sites for hydroxylation is 2. The molecule has 4 nitrogen and oxygen atoms in total. The van der Waals surface area contributed by atoms with Gasteiger partial charge in [0.05, 0.1) is 13.2 Å². The molecule has 1 amide bonds. The largest absolute Gasteiger partial charge is 0.496 e. The van der Waals surface area contributed by atoms with Crippen LogP contribution in [0.25, 0.3) is 0 Å². The lowest BCUT2D eigenvalue weighted by atomic mass is 10.0. The highest BCUT2D eigenvalue weighted by molar-refractivity contribution is 5.81. The maximum absolute atomic E-state index is 12.9. The minimum absolute atomic E-state index is 0.0571. The van der Waals surface area contributed by atoms with Gasteiger partial charge in [0.15, 0.2) is 6.10 Å². The van der Waals surface area contributed by atoms with Crippen LogP contribution >= 0.6 is 0 Å². The van der Waals surface area contributed by atoms with Crippen LogP contribution in [0.5, 0.6) is 11.5 Å². The SMILES string of the molecule is CC[C@H](Oc1cccc(C)c1C)C(=O)N[C@@H](CC)c1ccc(OC)c(C)c1. The Hall–Kier alpha value is -2.49. The van der Waals surface area contributed by atoms with Crippen LogP contribution in [0.2, 0.25) is 0 Å². The fourth-order valence-electron chi connectivity index (χ4n) is 3.13. The summed E-state index contributed by atoms with van der Waals surface area (Å²) in [5, 5.41) is 3.15. The standard InChI is InChI=1S/C23H31NO3/c1-7-19(18-12-13-21(26-6)16(4)14-18)24-23(25)20(8-2)27-22-11-9-10-15(3)17(22)5/h9-14,19-20H,7-8H2,1-6H3,(H,24,25)/t19-,20-/m0/s1. The van der Waals surface area contributed by atoms with E-state index in [4.69, 9.17) is 9.47 Å². The van der Waals surface area contributed by atoms with E-state index in [0.29, 0.717) is 6.42 Å². The predicted octanol–water partition coefficient (Wildman–Crippen LogP) is 5.05. The lowest BCUT2D eigenvalue weighted by Gasteiger charge is -2.24. The van der Waals surface area contributed by atoms with E-state index in [0.717, 1.165) is 40.2 Å². The summed E-state index contributed by atoms with van der Waals surface area (Å²) in [5.74, 6) is 1.54. The van der Waals surface area contributed by atoms with E-state index in [1.54, 1.807) is 7.11 Å². The molecule has 2 aromatic carbocycles. The van der Waals surface area contributed by atoms with Crippen molar-refractivity contribution in [1.82, 2.24) is 5.32 Å². The van der Waals surface area contributed by atoms with Gasteiger partial charge in [-0.3, -0.25) is 4.79 Å². The van der Waals surface area contributed by atoms with Gasteiger partial charge in [-0.1, -0.05) is 38.1 Å². The molecule has 1 N–H and O–H groups in total. The van der Waals surface area contributed by atoms with Crippen molar-refractivity contribution >= 4 is 5.91 Å². The highest BCUT2D eigenvalue weighted by Gasteiger charge is 2.23. The van der Waals surface area contributed by atoms with Gasteiger partial charge in [-0.15, -0.1) is 0 Å². The Labute approximate surface area is 162 Å². The highest BCUT2D eigenvalue weighted by Crippen LogP contribution is 2.25. The second-order valence-corrected chi connectivity index (χ2v) is 6.91. The highest BCUT2D eigenvalue weighted by atomic mass is 16.5. The van der Waals surface area contributed by atoms with Crippen molar-refractivity contribution in [3.05, 3.63) is 58.7 Å². The number of carbonyl (C=O) groups excluding carboxylic acids is 1. The van der Waals surface area contributed by atoms with Gasteiger partial charge in [-0.05, 0) is 68.0 Å². The van der Waals surface area contributed by atoms with E-state index in [1.165, 1.54) is 0 Å². The van der Waals surface area contributed by atoms with Crippen LogP contribution in [0.3, 0.4) is 0 Å². The lowest BCUT2D eigenvalue weighted by molar-refractivity contribution is -0.129. The summed E-state index contributed by atoms with van der Waals surface area (Å²) in [6.07, 6.45) is 0.897. The molecule has 2 aromatic rings. The van der Waals surface area contributed by atoms with Gasteiger partial charge in [-0.25, -0.2) is 0 Å². The average Bonchev–Trinajstić information content (AvgIpc) is 2.67. The lowest BCUT2D eigenvalue weighted by Crippen LogP contribution is -2.40. The van der Waals surface area contributed by atoms with E-state index < -0.39 is 6.10 Å². The second kappa shape index (κ2) is 9.45. The number of amides is 1. The van der Waals surface area contributed by atoms with E-state index in [2.05, 4.69) is 18.3 Å². The predicted molar refractivity (Wildman–Crippen MR) is 110 cm³/mol. The summed E-state index contributed by atoms with van der Waals surface area (Å²) in [6.45, 7) is 10.1. The average molecular weight is 370 g/mol. The van der Waals surface area contributed by atoms with Gasteiger partial charge in [0.1, 0.15) is 11.5 Å². The van der Waals surface area contributed by atoms with Crippen LogP contribution in [0.4, 0.5) is 0 Å². The number of methoxy groups -OCH3 is 1. The summed E-state index contributed by atoms with van der Waals surface area (Å²) in [5.41, 5.74) is 4.36. The number of carbonyl (C=O) groups is 1. The van der Waals surface area contributed by atoms with Crippen LogP contribution in [0, 0.1) is 20.8 Å². The molecule has 0 spiro atoms. The van der Waals surface area contributed by atoms with Crippen molar-refractivity contribution in [2.24, 2.45) is 0 Å². The quantitative estimate of drug-likeness (QED) is 0.709. The molecule has 0 radical (unpaired) electrons. The Bertz CT molecular complexity index is 785. The first-order valence-electron chi connectivity index (χ1n) is 9.59. The third-order valence-corrected chi connectivity index (χ3v) is 5.03. The maximum Gasteiger partial charge on any atom is 0.261 e. The molecule has 0 aliphatic rings. The molecule has 27 heavy (non-hydrogen) atoms. The fourth-order valence-corrected chi connectivity index (χ4v) is 3.13. The Kier molecular flexibility index (Phi) is 7.28.